The Morgan fingerprint density at radius 3 is 2.81 bits per heavy atom. The Labute approximate surface area is 130 Å². The molecule has 0 spiro atoms. The molecule has 1 unspecified atom stereocenters. The normalized spacial score (nSPS) is 12.4. The molecule has 0 aliphatic rings. The Bertz CT molecular complexity index is 742. The molecule has 2 aromatic rings. The van der Waals surface area contributed by atoms with Gasteiger partial charge in [-0.3, -0.25) is 9.59 Å². The lowest BCUT2D eigenvalue weighted by Gasteiger charge is -2.10. The summed E-state index contributed by atoms with van der Waals surface area (Å²) in [5, 5.41) is 0.823. The van der Waals surface area contributed by atoms with E-state index in [4.69, 9.17) is 38.1 Å². The monoisotopic (exact) mass is 329 g/mol. The SMILES string of the molecule is CCOC(=O)C(N)Cc1coc2c(Cl)cc(Cl)cc2c1=O. The van der Waals surface area contributed by atoms with Gasteiger partial charge in [0.1, 0.15) is 6.04 Å². The molecular weight excluding hydrogens is 317 g/mol. The van der Waals surface area contributed by atoms with Gasteiger partial charge in [-0.15, -0.1) is 0 Å². The number of nitrogens with two attached hydrogens (primary N) is 1. The third-order valence-electron chi connectivity index (χ3n) is 2.89. The van der Waals surface area contributed by atoms with Crippen molar-refractivity contribution in [2.75, 3.05) is 6.61 Å². The molecule has 0 saturated carbocycles. The summed E-state index contributed by atoms with van der Waals surface area (Å²) < 4.78 is 10.2. The highest BCUT2D eigenvalue weighted by Gasteiger charge is 2.19. The first-order chi connectivity index (χ1) is 9.93. The molecule has 1 aromatic carbocycles. The molecule has 21 heavy (non-hydrogen) atoms. The van der Waals surface area contributed by atoms with Crippen LogP contribution in [0.25, 0.3) is 11.0 Å². The molecule has 2 rings (SSSR count). The van der Waals surface area contributed by atoms with Crippen molar-refractivity contribution in [1.82, 2.24) is 0 Å². The summed E-state index contributed by atoms with van der Waals surface area (Å²) in [5.41, 5.74) is 5.90. The lowest BCUT2D eigenvalue weighted by Crippen LogP contribution is -2.35. The minimum atomic E-state index is -0.931. The van der Waals surface area contributed by atoms with E-state index in [9.17, 15) is 9.59 Å². The second kappa shape index (κ2) is 6.47. The molecule has 5 nitrogen and oxygen atoms in total. The van der Waals surface area contributed by atoms with Crippen LogP contribution < -0.4 is 11.2 Å². The van der Waals surface area contributed by atoms with Crippen LogP contribution in [0.15, 0.2) is 27.6 Å². The van der Waals surface area contributed by atoms with Gasteiger partial charge in [0.25, 0.3) is 0 Å². The maximum atomic E-state index is 12.4. The minimum Gasteiger partial charge on any atom is -0.465 e. The van der Waals surface area contributed by atoms with Crippen LogP contribution in [0.4, 0.5) is 0 Å². The van der Waals surface area contributed by atoms with Gasteiger partial charge in [-0.1, -0.05) is 23.2 Å². The summed E-state index contributed by atoms with van der Waals surface area (Å²) in [5.74, 6) is -0.568. The molecule has 1 aromatic heterocycles. The predicted molar refractivity (Wildman–Crippen MR) is 80.8 cm³/mol. The van der Waals surface area contributed by atoms with Crippen molar-refractivity contribution in [3.05, 3.63) is 44.2 Å². The fourth-order valence-electron chi connectivity index (χ4n) is 1.92. The van der Waals surface area contributed by atoms with Gasteiger partial charge in [0.15, 0.2) is 11.0 Å². The Balaban J connectivity index is 2.41. The van der Waals surface area contributed by atoms with E-state index in [1.165, 1.54) is 18.4 Å². The Kier molecular flexibility index (Phi) is 4.88. The lowest BCUT2D eigenvalue weighted by molar-refractivity contribution is -0.144. The number of rotatable bonds is 4. The number of hydrogen-bond acceptors (Lipinski definition) is 5. The van der Waals surface area contributed by atoms with Gasteiger partial charge in [-0.2, -0.15) is 0 Å². The van der Waals surface area contributed by atoms with Crippen LogP contribution in [0.1, 0.15) is 12.5 Å². The fourth-order valence-corrected chi connectivity index (χ4v) is 2.45. The van der Waals surface area contributed by atoms with Crippen molar-refractivity contribution in [1.29, 1.82) is 0 Å². The van der Waals surface area contributed by atoms with E-state index in [1.54, 1.807) is 6.92 Å². The van der Waals surface area contributed by atoms with E-state index in [-0.39, 0.29) is 40.0 Å². The van der Waals surface area contributed by atoms with Crippen molar-refractivity contribution in [3.8, 4) is 0 Å². The quantitative estimate of drug-likeness (QED) is 0.871. The third-order valence-corrected chi connectivity index (χ3v) is 3.39. The highest BCUT2D eigenvalue weighted by atomic mass is 35.5. The summed E-state index contributed by atoms with van der Waals surface area (Å²) in [6, 6.07) is 2.02. The van der Waals surface area contributed by atoms with Crippen LogP contribution in [0.5, 0.6) is 0 Å². The van der Waals surface area contributed by atoms with Gasteiger partial charge in [0.05, 0.1) is 23.3 Å². The van der Waals surface area contributed by atoms with Crippen LogP contribution >= 0.6 is 23.2 Å². The van der Waals surface area contributed by atoms with Gasteiger partial charge >= 0.3 is 5.97 Å². The molecule has 0 amide bonds. The van der Waals surface area contributed by atoms with Crippen LogP contribution in [0.2, 0.25) is 10.0 Å². The zero-order valence-corrected chi connectivity index (χ0v) is 12.7. The van der Waals surface area contributed by atoms with Crippen LogP contribution in [0.3, 0.4) is 0 Å². The molecule has 0 bridgehead atoms. The summed E-state index contributed by atoms with van der Waals surface area (Å²) in [6.07, 6.45) is 1.27. The molecule has 7 heteroatoms. The second-order valence-corrected chi connectivity index (χ2v) is 5.26. The van der Waals surface area contributed by atoms with E-state index < -0.39 is 12.0 Å². The van der Waals surface area contributed by atoms with Gasteiger partial charge < -0.3 is 14.9 Å². The number of benzene rings is 1. The highest BCUT2D eigenvalue weighted by molar-refractivity contribution is 6.38. The maximum Gasteiger partial charge on any atom is 0.323 e. The number of carbonyl (C=O) groups is 1. The number of carbonyl (C=O) groups excluding carboxylic acids is 1. The molecule has 2 N–H and O–H groups in total. The Morgan fingerprint density at radius 1 is 1.43 bits per heavy atom. The summed E-state index contributed by atoms with van der Waals surface area (Å²) in [7, 11) is 0. The Morgan fingerprint density at radius 2 is 2.14 bits per heavy atom. The van der Waals surface area contributed by atoms with Gasteiger partial charge in [0.2, 0.25) is 0 Å². The lowest BCUT2D eigenvalue weighted by atomic mass is 10.1. The number of fused-ring (bicyclic) bond motifs is 1. The first kappa shape index (κ1) is 15.8. The van der Waals surface area contributed by atoms with E-state index in [1.807, 2.05) is 0 Å². The van der Waals surface area contributed by atoms with Gasteiger partial charge in [0, 0.05) is 17.0 Å². The van der Waals surface area contributed by atoms with Crippen LogP contribution in [-0.4, -0.2) is 18.6 Å². The van der Waals surface area contributed by atoms with E-state index in [0.717, 1.165) is 0 Å². The third kappa shape index (κ3) is 3.37. The molecule has 112 valence electrons. The van der Waals surface area contributed by atoms with Crippen molar-refractivity contribution in [3.63, 3.8) is 0 Å². The van der Waals surface area contributed by atoms with E-state index in [0.29, 0.717) is 5.02 Å². The first-order valence-electron chi connectivity index (χ1n) is 6.25. The predicted octanol–water partition coefficient (Wildman–Crippen LogP) is 2.53. The first-order valence-corrected chi connectivity index (χ1v) is 7.01. The number of hydrogen-bond donors (Lipinski definition) is 1. The zero-order chi connectivity index (χ0) is 15.6. The maximum absolute atomic E-state index is 12.4. The molecule has 0 aliphatic carbocycles. The standard InChI is InChI=1S/C14H13Cl2NO4/c1-2-20-14(19)11(17)3-7-6-21-13-9(12(7)18)4-8(15)5-10(13)16/h4-6,11H,2-3,17H2,1H3. The molecule has 0 radical (unpaired) electrons. The Hall–Kier alpha value is -1.56. The summed E-state index contributed by atoms with van der Waals surface area (Å²) in [6.45, 7) is 1.91. The number of ether oxygens (including phenoxy) is 1. The van der Waals surface area contributed by atoms with Gasteiger partial charge in [-0.25, -0.2) is 0 Å². The molecule has 0 saturated heterocycles. The molecular formula is C14H13Cl2NO4. The van der Waals surface area contributed by atoms with E-state index in [2.05, 4.69) is 0 Å². The summed E-state index contributed by atoms with van der Waals surface area (Å²) >= 11 is 11.9. The largest absolute Gasteiger partial charge is 0.465 e. The number of esters is 1. The second-order valence-electron chi connectivity index (χ2n) is 4.42. The van der Waals surface area contributed by atoms with Crippen molar-refractivity contribution in [2.45, 2.75) is 19.4 Å². The van der Waals surface area contributed by atoms with Crippen molar-refractivity contribution in [2.24, 2.45) is 5.73 Å². The molecule has 0 fully saturated rings. The average molecular weight is 330 g/mol. The van der Waals surface area contributed by atoms with Crippen molar-refractivity contribution < 1.29 is 13.9 Å². The smallest absolute Gasteiger partial charge is 0.323 e. The highest BCUT2D eigenvalue weighted by Crippen LogP contribution is 2.26. The minimum absolute atomic E-state index is 0.0151. The zero-order valence-electron chi connectivity index (χ0n) is 11.2. The van der Waals surface area contributed by atoms with Crippen LogP contribution in [0, 0.1) is 0 Å². The molecule has 1 atom stereocenters. The average Bonchev–Trinajstić information content (AvgIpc) is 2.42. The fraction of sp³-hybridized carbons (Fsp3) is 0.286. The van der Waals surface area contributed by atoms with Gasteiger partial charge in [-0.05, 0) is 19.1 Å². The number of halogens is 2. The van der Waals surface area contributed by atoms with E-state index >= 15 is 0 Å². The van der Waals surface area contributed by atoms with Crippen molar-refractivity contribution >= 4 is 40.1 Å². The summed E-state index contributed by atoms with van der Waals surface area (Å²) in [4.78, 5) is 23.9. The molecule has 0 aliphatic heterocycles. The van der Waals surface area contributed by atoms with Crippen LogP contribution in [-0.2, 0) is 16.0 Å². The molecule has 1 heterocycles. The topological polar surface area (TPSA) is 82.5 Å².